The van der Waals surface area contributed by atoms with Crippen molar-refractivity contribution in [1.29, 1.82) is 0 Å². The van der Waals surface area contributed by atoms with Gasteiger partial charge in [-0.2, -0.15) is 0 Å². The minimum atomic E-state index is -0.233. The third-order valence-corrected chi connectivity index (χ3v) is 1.94. The molecule has 0 saturated carbocycles. The van der Waals surface area contributed by atoms with Crippen LogP contribution < -0.4 is 0 Å². The standard InChI is InChI=1S/C10H9FN2/c1-8-12-6-7-13(8)10-5-3-2-4-9(10)11/h2-7H,1H3. The van der Waals surface area contributed by atoms with Crippen molar-refractivity contribution in [3.63, 3.8) is 0 Å². The number of aromatic nitrogens is 2. The minimum Gasteiger partial charge on any atom is -0.301 e. The van der Waals surface area contributed by atoms with Crippen LogP contribution in [0.15, 0.2) is 36.7 Å². The van der Waals surface area contributed by atoms with Crippen molar-refractivity contribution in [1.82, 2.24) is 9.55 Å². The summed E-state index contributed by atoms with van der Waals surface area (Å²) in [4.78, 5) is 4.03. The molecule has 0 aliphatic carbocycles. The molecule has 0 saturated heterocycles. The number of para-hydroxylation sites is 1. The van der Waals surface area contributed by atoms with Crippen molar-refractivity contribution in [3.8, 4) is 5.69 Å². The van der Waals surface area contributed by atoms with Crippen molar-refractivity contribution in [2.75, 3.05) is 0 Å². The maximum absolute atomic E-state index is 13.3. The van der Waals surface area contributed by atoms with Crippen molar-refractivity contribution >= 4 is 0 Å². The Morgan fingerprint density at radius 3 is 2.69 bits per heavy atom. The molecule has 0 aliphatic rings. The Bertz CT molecular complexity index is 420. The zero-order valence-electron chi connectivity index (χ0n) is 7.24. The number of hydrogen-bond donors (Lipinski definition) is 0. The normalized spacial score (nSPS) is 10.3. The molecular weight excluding hydrogens is 167 g/mol. The molecule has 66 valence electrons. The Morgan fingerprint density at radius 2 is 2.08 bits per heavy atom. The monoisotopic (exact) mass is 176 g/mol. The van der Waals surface area contributed by atoms with Gasteiger partial charge in [-0.15, -0.1) is 0 Å². The first-order valence-corrected chi connectivity index (χ1v) is 4.04. The van der Waals surface area contributed by atoms with E-state index < -0.39 is 0 Å². The third-order valence-electron chi connectivity index (χ3n) is 1.94. The van der Waals surface area contributed by atoms with Gasteiger partial charge in [0.25, 0.3) is 0 Å². The van der Waals surface area contributed by atoms with Gasteiger partial charge in [-0.3, -0.25) is 0 Å². The van der Waals surface area contributed by atoms with E-state index >= 15 is 0 Å². The average Bonchev–Trinajstić information content (AvgIpc) is 2.52. The van der Waals surface area contributed by atoms with Crippen LogP contribution >= 0.6 is 0 Å². The summed E-state index contributed by atoms with van der Waals surface area (Å²) in [6.07, 6.45) is 3.40. The van der Waals surface area contributed by atoms with Gasteiger partial charge in [-0.1, -0.05) is 12.1 Å². The lowest BCUT2D eigenvalue weighted by molar-refractivity contribution is 0.616. The van der Waals surface area contributed by atoms with Crippen molar-refractivity contribution in [3.05, 3.63) is 48.3 Å². The van der Waals surface area contributed by atoms with Crippen LogP contribution in [0.4, 0.5) is 4.39 Å². The second-order valence-electron chi connectivity index (χ2n) is 2.80. The average molecular weight is 176 g/mol. The van der Waals surface area contributed by atoms with E-state index in [-0.39, 0.29) is 5.82 Å². The van der Waals surface area contributed by atoms with E-state index in [9.17, 15) is 4.39 Å². The van der Waals surface area contributed by atoms with Crippen molar-refractivity contribution in [2.45, 2.75) is 6.92 Å². The largest absolute Gasteiger partial charge is 0.301 e. The molecule has 2 rings (SSSR count). The highest BCUT2D eigenvalue weighted by Gasteiger charge is 2.04. The maximum atomic E-state index is 13.3. The topological polar surface area (TPSA) is 17.8 Å². The van der Waals surface area contributed by atoms with E-state index in [1.807, 2.05) is 6.92 Å². The number of halogens is 1. The highest BCUT2D eigenvalue weighted by atomic mass is 19.1. The van der Waals surface area contributed by atoms with Crippen LogP contribution in [0.25, 0.3) is 5.69 Å². The molecule has 0 amide bonds. The molecule has 13 heavy (non-hydrogen) atoms. The highest BCUT2D eigenvalue weighted by Crippen LogP contribution is 2.13. The highest BCUT2D eigenvalue weighted by molar-refractivity contribution is 5.34. The molecule has 0 fully saturated rings. The Morgan fingerprint density at radius 1 is 1.31 bits per heavy atom. The number of nitrogens with zero attached hydrogens (tertiary/aromatic N) is 2. The first-order valence-electron chi connectivity index (χ1n) is 4.04. The number of aryl methyl sites for hydroxylation is 1. The van der Waals surface area contributed by atoms with Crippen LogP contribution in [0.1, 0.15) is 5.82 Å². The van der Waals surface area contributed by atoms with E-state index in [0.717, 1.165) is 5.82 Å². The summed E-state index contributed by atoms with van der Waals surface area (Å²) in [6.45, 7) is 1.84. The molecule has 1 aromatic carbocycles. The quantitative estimate of drug-likeness (QED) is 0.652. The van der Waals surface area contributed by atoms with Gasteiger partial charge in [0.1, 0.15) is 11.6 Å². The molecule has 1 aromatic heterocycles. The summed E-state index contributed by atoms with van der Waals surface area (Å²) >= 11 is 0. The number of rotatable bonds is 1. The van der Waals surface area contributed by atoms with Gasteiger partial charge in [0.05, 0.1) is 5.69 Å². The Balaban J connectivity index is 2.59. The summed E-state index contributed by atoms with van der Waals surface area (Å²) in [6, 6.07) is 6.64. The fourth-order valence-electron chi connectivity index (χ4n) is 1.28. The van der Waals surface area contributed by atoms with Crippen LogP contribution in [0.5, 0.6) is 0 Å². The second-order valence-corrected chi connectivity index (χ2v) is 2.80. The zero-order valence-corrected chi connectivity index (χ0v) is 7.24. The van der Waals surface area contributed by atoms with Gasteiger partial charge in [-0.05, 0) is 19.1 Å². The van der Waals surface area contributed by atoms with Crippen LogP contribution in [0.3, 0.4) is 0 Å². The summed E-state index contributed by atoms with van der Waals surface area (Å²) < 4.78 is 15.0. The van der Waals surface area contributed by atoms with E-state index in [0.29, 0.717) is 5.69 Å². The van der Waals surface area contributed by atoms with E-state index in [1.165, 1.54) is 6.07 Å². The van der Waals surface area contributed by atoms with Gasteiger partial charge in [0.2, 0.25) is 0 Å². The van der Waals surface area contributed by atoms with Gasteiger partial charge >= 0.3 is 0 Å². The lowest BCUT2D eigenvalue weighted by Gasteiger charge is -2.04. The minimum absolute atomic E-state index is 0.233. The molecule has 0 unspecified atom stereocenters. The van der Waals surface area contributed by atoms with E-state index in [1.54, 1.807) is 35.2 Å². The predicted octanol–water partition coefficient (Wildman–Crippen LogP) is 2.32. The Labute approximate surface area is 75.7 Å². The molecule has 1 heterocycles. The molecule has 0 atom stereocenters. The lowest BCUT2D eigenvalue weighted by Crippen LogP contribution is -1.97. The SMILES string of the molecule is Cc1nccn1-c1ccccc1F. The number of hydrogen-bond acceptors (Lipinski definition) is 1. The second kappa shape index (κ2) is 3.01. The van der Waals surface area contributed by atoms with Crippen LogP contribution in [0.2, 0.25) is 0 Å². The first-order chi connectivity index (χ1) is 6.29. The number of benzene rings is 1. The smallest absolute Gasteiger partial charge is 0.147 e. The summed E-state index contributed by atoms with van der Waals surface area (Å²) in [5, 5.41) is 0. The van der Waals surface area contributed by atoms with Crippen molar-refractivity contribution in [2.24, 2.45) is 0 Å². The molecule has 2 nitrogen and oxygen atoms in total. The first kappa shape index (κ1) is 7.98. The van der Waals surface area contributed by atoms with Gasteiger partial charge in [0.15, 0.2) is 0 Å². The fourth-order valence-corrected chi connectivity index (χ4v) is 1.28. The van der Waals surface area contributed by atoms with Crippen LogP contribution in [-0.2, 0) is 0 Å². The summed E-state index contributed by atoms with van der Waals surface area (Å²) in [5.41, 5.74) is 0.539. The van der Waals surface area contributed by atoms with Gasteiger partial charge in [0, 0.05) is 12.4 Å². The van der Waals surface area contributed by atoms with Crippen LogP contribution in [-0.4, -0.2) is 9.55 Å². The molecule has 2 aromatic rings. The van der Waals surface area contributed by atoms with Crippen LogP contribution in [0, 0.1) is 12.7 Å². The third kappa shape index (κ3) is 1.33. The molecule has 0 radical (unpaired) electrons. The molecule has 3 heteroatoms. The fraction of sp³-hybridized carbons (Fsp3) is 0.100. The molecule has 0 aliphatic heterocycles. The predicted molar refractivity (Wildman–Crippen MR) is 48.3 cm³/mol. The van der Waals surface area contributed by atoms with E-state index in [4.69, 9.17) is 0 Å². The lowest BCUT2D eigenvalue weighted by atomic mass is 10.3. The van der Waals surface area contributed by atoms with Gasteiger partial charge < -0.3 is 4.57 Å². The molecular formula is C10H9FN2. The zero-order chi connectivity index (χ0) is 9.26. The Kier molecular flexibility index (Phi) is 1.85. The molecule has 0 spiro atoms. The molecule has 0 bridgehead atoms. The maximum Gasteiger partial charge on any atom is 0.147 e. The summed E-state index contributed by atoms with van der Waals surface area (Å²) in [5.74, 6) is 0.550. The summed E-state index contributed by atoms with van der Waals surface area (Å²) in [7, 11) is 0. The molecule has 0 N–H and O–H groups in total. The van der Waals surface area contributed by atoms with Gasteiger partial charge in [-0.25, -0.2) is 9.37 Å². The van der Waals surface area contributed by atoms with Crippen molar-refractivity contribution < 1.29 is 4.39 Å². The van der Waals surface area contributed by atoms with E-state index in [2.05, 4.69) is 4.98 Å². The Hall–Kier alpha value is -1.64. The number of imidazole rings is 1.